The fourth-order valence-corrected chi connectivity index (χ4v) is 4.96. The number of nitrogens with zero attached hydrogens (tertiary/aromatic N) is 1. The monoisotopic (exact) mass is 302 g/mol. The average Bonchev–Trinajstić information content (AvgIpc) is 2.89. The third-order valence-corrected chi connectivity index (χ3v) is 7.24. The second-order valence-corrected chi connectivity index (χ2v) is 8.45. The van der Waals surface area contributed by atoms with Crippen LogP contribution in [-0.2, 0) is 16.6 Å². The molecular weight excluding hydrogens is 280 g/mol. The van der Waals surface area contributed by atoms with Crippen molar-refractivity contribution in [2.75, 3.05) is 13.1 Å². The summed E-state index contributed by atoms with van der Waals surface area (Å²) in [6.07, 6.45) is 2.99. The first kappa shape index (κ1) is 15.0. The molecule has 1 saturated heterocycles. The highest BCUT2D eigenvalue weighted by molar-refractivity contribution is 7.89. The van der Waals surface area contributed by atoms with Crippen molar-refractivity contribution in [3.05, 3.63) is 16.3 Å². The molecule has 6 heteroatoms. The van der Waals surface area contributed by atoms with Gasteiger partial charge in [-0.1, -0.05) is 20.3 Å². The van der Waals surface area contributed by atoms with E-state index in [0.29, 0.717) is 29.9 Å². The molecule has 0 unspecified atom stereocenters. The number of hydrogen-bond acceptors (Lipinski definition) is 4. The fraction of sp³-hybridized carbons (Fsp3) is 0.692. The van der Waals surface area contributed by atoms with E-state index in [2.05, 4.69) is 13.8 Å². The van der Waals surface area contributed by atoms with Gasteiger partial charge in [-0.15, -0.1) is 11.3 Å². The minimum absolute atomic E-state index is 0.295. The molecule has 0 aromatic carbocycles. The van der Waals surface area contributed by atoms with Crippen LogP contribution >= 0.6 is 11.3 Å². The van der Waals surface area contributed by atoms with Gasteiger partial charge in [-0.2, -0.15) is 4.31 Å². The number of hydrogen-bond donors (Lipinski definition) is 1. The van der Waals surface area contributed by atoms with Crippen molar-refractivity contribution in [3.8, 4) is 0 Å². The van der Waals surface area contributed by atoms with Gasteiger partial charge in [0, 0.05) is 29.9 Å². The Morgan fingerprint density at radius 1 is 1.42 bits per heavy atom. The first-order chi connectivity index (χ1) is 8.91. The van der Waals surface area contributed by atoms with Crippen molar-refractivity contribution in [3.63, 3.8) is 0 Å². The van der Waals surface area contributed by atoms with Gasteiger partial charge >= 0.3 is 0 Å². The zero-order valence-electron chi connectivity index (χ0n) is 11.6. The van der Waals surface area contributed by atoms with Crippen LogP contribution in [0.5, 0.6) is 0 Å². The summed E-state index contributed by atoms with van der Waals surface area (Å²) in [5.41, 5.74) is 5.84. The van der Waals surface area contributed by atoms with Crippen LogP contribution in [0.15, 0.2) is 16.3 Å². The average molecular weight is 302 g/mol. The lowest BCUT2D eigenvalue weighted by Crippen LogP contribution is -2.41. The fourth-order valence-electron chi connectivity index (χ4n) is 2.37. The third-order valence-electron chi connectivity index (χ3n) is 4.25. The molecule has 2 heterocycles. The molecule has 4 nitrogen and oxygen atoms in total. The minimum Gasteiger partial charge on any atom is -0.326 e. The second kappa shape index (κ2) is 5.52. The Hall–Kier alpha value is -0.430. The lowest BCUT2D eigenvalue weighted by molar-refractivity contribution is 0.169. The molecule has 1 fully saturated rings. The maximum absolute atomic E-state index is 12.5. The van der Waals surface area contributed by atoms with Crippen LogP contribution in [0.2, 0.25) is 0 Å². The Labute approximate surface area is 119 Å². The summed E-state index contributed by atoms with van der Waals surface area (Å²) >= 11 is 1.41. The van der Waals surface area contributed by atoms with E-state index in [-0.39, 0.29) is 0 Å². The van der Waals surface area contributed by atoms with E-state index in [9.17, 15) is 8.42 Å². The van der Waals surface area contributed by atoms with E-state index in [1.165, 1.54) is 11.3 Å². The van der Waals surface area contributed by atoms with Crippen LogP contribution in [-0.4, -0.2) is 25.8 Å². The zero-order chi connectivity index (χ0) is 14.1. The van der Waals surface area contributed by atoms with Crippen LogP contribution in [0.4, 0.5) is 0 Å². The smallest absolute Gasteiger partial charge is 0.243 e. The van der Waals surface area contributed by atoms with Crippen molar-refractivity contribution in [1.82, 2.24) is 4.31 Å². The molecule has 0 aliphatic carbocycles. The topological polar surface area (TPSA) is 63.4 Å². The molecule has 2 N–H and O–H groups in total. The largest absolute Gasteiger partial charge is 0.326 e. The number of sulfonamides is 1. The summed E-state index contributed by atoms with van der Waals surface area (Å²) in [5, 5.41) is 1.70. The maximum atomic E-state index is 12.5. The number of nitrogens with two attached hydrogens (primary N) is 1. The Bertz CT molecular complexity index is 529. The second-order valence-electron chi connectivity index (χ2n) is 5.52. The predicted molar refractivity (Wildman–Crippen MR) is 78.6 cm³/mol. The van der Waals surface area contributed by atoms with Crippen molar-refractivity contribution in [2.45, 2.75) is 44.6 Å². The van der Waals surface area contributed by atoms with Crippen LogP contribution in [0.3, 0.4) is 0 Å². The lowest BCUT2D eigenvalue weighted by Gasteiger charge is -2.38. The molecule has 108 valence electrons. The van der Waals surface area contributed by atoms with Gasteiger partial charge in [0.15, 0.2) is 0 Å². The summed E-state index contributed by atoms with van der Waals surface area (Å²) in [5.74, 6) is 0. The molecule has 1 aliphatic rings. The molecule has 0 amide bonds. The highest BCUT2D eigenvalue weighted by Crippen LogP contribution is 2.36. The van der Waals surface area contributed by atoms with Crippen molar-refractivity contribution in [1.29, 1.82) is 0 Å². The van der Waals surface area contributed by atoms with Crippen molar-refractivity contribution in [2.24, 2.45) is 11.1 Å². The zero-order valence-corrected chi connectivity index (χ0v) is 13.2. The number of piperidine rings is 1. The Morgan fingerprint density at radius 3 is 2.53 bits per heavy atom. The standard InChI is InChI=1S/C13H22N2O2S2/c1-3-13(2)4-6-15(7-5-13)19(16,17)12-8-11(9-14)18-10-12/h8,10H,3-7,9,14H2,1-2H3. The summed E-state index contributed by atoms with van der Waals surface area (Å²) in [6.45, 7) is 6.07. The van der Waals surface area contributed by atoms with E-state index in [4.69, 9.17) is 5.73 Å². The normalized spacial score (nSPS) is 20.6. The van der Waals surface area contributed by atoms with Crippen LogP contribution in [0.25, 0.3) is 0 Å². The molecule has 0 radical (unpaired) electrons. The van der Waals surface area contributed by atoms with Crippen LogP contribution in [0.1, 0.15) is 38.0 Å². The summed E-state index contributed by atoms with van der Waals surface area (Å²) < 4.78 is 26.6. The van der Waals surface area contributed by atoms with Crippen LogP contribution < -0.4 is 5.73 Å². The van der Waals surface area contributed by atoms with E-state index >= 15 is 0 Å². The van der Waals surface area contributed by atoms with Gasteiger partial charge in [-0.05, 0) is 24.3 Å². The molecule has 1 aromatic rings. The lowest BCUT2D eigenvalue weighted by atomic mass is 9.79. The SMILES string of the molecule is CCC1(C)CCN(S(=O)(=O)c2csc(CN)c2)CC1. The van der Waals surface area contributed by atoms with Crippen molar-refractivity contribution >= 4 is 21.4 Å². The van der Waals surface area contributed by atoms with Gasteiger partial charge in [0.25, 0.3) is 0 Å². The van der Waals surface area contributed by atoms with Crippen LogP contribution in [0, 0.1) is 5.41 Å². The Morgan fingerprint density at radius 2 is 2.05 bits per heavy atom. The Balaban J connectivity index is 2.14. The van der Waals surface area contributed by atoms with E-state index in [0.717, 1.165) is 24.1 Å². The van der Waals surface area contributed by atoms with Gasteiger partial charge in [0.2, 0.25) is 10.0 Å². The Kier molecular flexibility index (Phi) is 4.35. The van der Waals surface area contributed by atoms with Gasteiger partial charge in [0.1, 0.15) is 0 Å². The van der Waals surface area contributed by atoms with Gasteiger partial charge < -0.3 is 5.73 Å². The quantitative estimate of drug-likeness (QED) is 0.929. The molecule has 0 bridgehead atoms. The highest BCUT2D eigenvalue weighted by atomic mass is 32.2. The molecule has 1 aliphatic heterocycles. The third kappa shape index (κ3) is 3.02. The molecule has 19 heavy (non-hydrogen) atoms. The van der Waals surface area contributed by atoms with E-state index < -0.39 is 10.0 Å². The maximum Gasteiger partial charge on any atom is 0.243 e. The van der Waals surface area contributed by atoms with Gasteiger partial charge in [-0.25, -0.2) is 8.42 Å². The van der Waals surface area contributed by atoms with E-state index in [1.807, 2.05) is 0 Å². The summed E-state index contributed by atoms with van der Waals surface area (Å²) in [4.78, 5) is 1.31. The van der Waals surface area contributed by atoms with Crippen molar-refractivity contribution < 1.29 is 8.42 Å². The summed E-state index contributed by atoms with van der Waals surface area (Å²) in [6, 6.07) is 1.70. The molecule has 0 saturated carbocycles. The molecular formula is C13H22N2O2S2. The molecule has 0 spiro atoms. The molecule has 0 atom stereocenters. The van der Waals surface area contributed by atoms with Gasteiger partial charge in [0.05, 0.1) is 4.90 Å². The highest BCUT2D eigenvalue weighted by Gasteiger charge is 2.34. The first-order valence-electron chi connectivity index (χ1n) is 6.69. The van der Waals surface area contributed by atoms with Gasteiger partial charge in [-0.3, -0.25) is 0 Å². The molecule has 1 aromatic heterocycles. The number of thiophene rings is 1. The summed E-state index contributed by atoms with van der Waals surface area (Å²) in [7, 11) is -3.32. The predicted octanol–water partition coefficient (Wildman–Crippen LogP) is 2.41. The minimum atomic E-state index is -3.32. The number of rotatable bonds is 4. The first-order valence-corrected chi connectivity index (χ1v) is 9.01. The molecule has 2 rings (SSSR count). The van der Waals surface area contributed by atoms with E-state index in [1.54, 1.807) is 15.8 Å².